The van der Waals surface area contributed by atoms with E-state index in [0.717, 1.165) is 12.8 Å². The molecule has 28 heavy (non-hydrogen) atoms. The van der Waals surface area contributed by atoms with Crippen molar-refractivity contribution in [3.8, 4) is 0 Å². The summed E-state index contributed by atoms with van der Waals surface area (Å²) in [7, 11) is 0. The molecule has 3 aromatic carbocycles. The SMILES string of the molecule is O=C(CCCc1ccccc1)Nc1ccc(C(=O)Nc2ccc(F)cc2)cc1. The second kappa shape index (κ2) is 9.46. The van der Waals surface area contributed by atoms with Gasteiger partial charge >= 0.3 is 0 Å². The molecule has 142 valence electrons. The summed E-state index contributed by atoms with van der Waals surface area (Å²) in [6.07, 6.45) is 2.06. The van der Waals surface area contributed by atoms with Gasteiger partial charge in [0.25, 0.3) is 5.91 Å². The van der Waals surface area contributed by atoms with Crippen molar-refractivity contribution < 1.29 is 14.0 Å². The van der Waals surface area contributed by atoms with Crippen molar-refractivity contribution >= 4 is 23.2 Å². The summed E-state index contributed by atoms with van der Waals surface area (Å²) in [6, 6.07) is 22.3. The highest BCUT2D eigenvalue weighted by atomic mass is 19.1. The van der Waals surface area contributed by atoms with Gasteiger partial charge in [0, 0.05) is 23.4 Å². The molecule has 0 aliphatic heterocycles. The fraction of sp³-hybridized carbons (Fsp3) is 0.130. The number of hydrogen-bond donors (Lipinski definition) is 2. The van der Waals surface area contributed by atoms with E-state index in [9.17, 15) is 14.0 Å². The molecule has 2 amide bonds. The van der Waals surface area contributed by atoms with Crippen molar-refractivity contribution in [3.63, 3.8) is 0 Å². The number of amides is 2. The van der Waals surface area contributed by atoms with Gasteiger partial charge in [0.15, 0.2) is 0 Å². The van der Waals surface area contributed by atoms with Gasteiger partial charge in [-0.2, -0.15) is 0 Å². The summed E-state index contributed by atoms with van der Waals surface area (Å²) < 4.78 is 12.9. The monoisotopic (exact) mass is 376 g/mol. The van der Waals surface area contributed by atoms with Crippen molar-refractivity contribution in [1.29, 1.82) is 0 Å². The molecular formula is C23H21FN2O2. The van der Waals surface area contributed by atoms with Crippen molar-refractivity contribution in [2.75, 3.05) is 10.6 Å². The topological polar surface area (TPSA) is 58.2 Å². The first-order valence-electron chi connectivity index (χ1n) is 9.11. The standard InChI is InChI=1S/C23H21FN2O2/c24-19-11-15-21(16-12-19)26-23(28)18-9-13-20(14-10-18)25-22(27)8-4-7-17-5-2-1-3-6-17/h1-3,5-6,9-16H,4,7-8H2,(H,25,27)(H,26,28). The van der Waals surface area contributed by atoms with Gasteiger partial charge in [-0.1, -0.05) is 30.3 Å². The summed E-state index contributed by atoms with van der Waals surface area (Å²) in [4.78, 5) is 24.3. The lowest BCUT2D eigenvalue weighted by atomic mass is 10.1. The van der Waals surface area contributed by atoms with Crippen molar-refractivity contribution in [2.45, 2.75) is 19.3 Å². The predicted molar refractivity (Wildman–Crippen MR) is 109 cm³/mol. The largest absolute Gasteiger partial charge is 0.326 e. The van der Waals surface area contributed by atoms with E-state index in [1.165, 1.54) is 29.8 Å². The lowest BCUT2D eigenvalue weighted by Crippen LogP contribution is -2.13. The molecule has 0 spiro atoms. The van der Waals surface area contributed by atoms with Gasteiger partial charge in [-0.3, -0.25) is 9.59 Å². The molecule has 0 atom stereocenters. The normalized spacial score (nSPS) is 10.3. The van der Waals surface area contributed by atoms with Crippen LogP contribution in [0.5, 0.6) is 0 Å². The third-order valence-electron chi connectivity index (χ3n) is 4.25. The predicted octanol–water partition coefficient (Wildman–Crippen LogP) is 5.04. The van der Waals surface area contributed by atoms with Crippen LogP contribution in [0.1, 0.15) is 28.8 Å². The molecule has 5 heteroatoms. The van der Waals surface area contributed by atoms with E-state index in [4.69, 9.17) is 0 Å². The van der Waals surface area contributed by atoms with Crippen LogP contribution in [0.2, 0.25) is 0 Å². The molecule has 2 N–H and O–H groups in total. The number of benzene rings is 3. The third-order valence-corrected chi connectivity index (χ3v) is 4.25. The molecule has 4 nitrogen and oxygen atoms in total. The second-order valence-corrected chi connectivity index (χ2v) is 6.43. The van der Waals surface area contributed by atoms with Gasteiger partial charge in [-0.05, 0) is 66.9 Å². The van der Waals surface area contributed by atoms with E-state index in [-0.39, 0.29) is 17.6 Å². The van der Waals surface area contributed by atoms with Crippen molar-refractivity contribution in [1.82, 2.24) is 0 Å². The number of carbonyl (C=O) groups is 2. The number of hydrogen-bond acceptors (Lipinski definition) is 2. The van der Waals surface area contributed by atoms with Crippen molar-refractivity contribution in [2.24, 2.45) is 0 Å². The number of nitrogens with one attached hydrogen (secondary N) is 2. The summed E-state index contributed by atoms with van der Waals surface area (Å²) >= 11 is 0. The minimum absolute atomic E-state index is 0.0561. The van der Waals surface area contributed by atoms with Gasteiger partial charge in [-0.25, -0.2) is 4.39 Å². The fourth-order valence-corrected chi connectivity index (χ4v) is 2.76. The molecule has 0 heterocycles. The Morgan fingerprint density at radius 1 is 0.750 bits per heavy atom. The lowest BCUT2D eigenvalue weighted by molar-refractivity contribution is -0.116. The van der Waals surface area contributed by atoms with Crippen LogP contribution in [0.4, 0.5) is 15.8 Å². The molecule has 3 rings (SSSR count). The highest BCUT2D eigenvalue weighted by molar-refractivity contribution is 6.04. The van der Waals surface area contributed by atoms with Crippen LogP contribution < -0.4 is 10.6 Å². The van der Waals surface area contributed by atoms with Crippen molar-refractivity contribution in [3.05, 3.63) is 95.8 Å². The Labute approximate surface area is 163 Å². The number of anilines is 2. The van der Waals surface area contributed by atoms with Crippen LogP contribution in [-0.4, -0.2) is 11.8 Å². The number of carbonyl (C=O) groups excluding carboxylic acids is 2. The zero-order valence-electron chi connectivity index (χ0n) is 15.3. The molecular weight excluding hydrogens is 355 g/mol. The average molecular weight is 376 g/mol. The first-order chi connectivity index (χ1) is 13.6. The van der Waals surface area contributed by atoms with Crippen LogP contribution in [0.3, 0.4) is 0 Å². The Morgan fingerprint density at radius 2 is 1.36 bits per heavy atom. The minimum atomic E-state index is -0.359. The first-order valence-corrected chi connectivity index (χ1v) is 9.11. The summed E-state index contributed by atoms with van der Waals surface area (Å²) in [5.74, 6) is -0.714. The fourth-order valence-electron chi connectivity index (χ4n) is 2.76. The highest BCUT2D eigenvalue weighted by Crippen LogP contribution is 2.14. The van der Waals surface area contributed by atoms with Gasteiger partial charge in [0.1, 0.15) is 5.82 Å². The van der Waals surface area contributed by atoms with E-state index in [2.05, 4.69) is 10.6 Å². The molecule has 0 radical (unpaired) electrons. The summed E-state index contributed by atoms with van der Waals surface area (Å²) in [5.41, 5.74) is 2.82. The van der Waals surface area contributed by atoms with E-state index in [0.29, 0.717) is 23.4 Å². The Balaban J connectivity index is 1.47. The Morgan fingerprint density at radius 3 is 2.04 bits per heavy atom. The molecule has 3 aromatic rings. The van der Waals surface area contributed by atoms with E-state index in [1.54, 1.807) is 24.3 Å². The van der Waals surface area contributed by atoms with Crippen LogP contribution in [0, 0.1) is 5.82 Å². The second-order valence-electron chi connectivity index (χ2n) is 6.43. The molecule has 0 fully saturated rings. The Bertz CT molecular complexity index is 923. The summed E-state index contributed by atoms with van der Waals surface area (Å²) in [6.45, 7) is 0. The summed E-state index contributed by atoms with van der Waals surface area (Å²) in [5, 5.41) is 5.53. The van der Waals surface area contributed by atoms with Crippen LogP contribution in [0.15, 0.2) is 78.9 Å². The van der Waals surface area contributed by atoms with Crippen LogP contribution in [-0.2, 0) is 11.2 Å². The molecule has 0 saturated heterocycles. The van der Waals surface area contributed by atoms with Gasteiger partial charge < -0.3 is 10.6 Å². The van der Waals surface area contributed by atoms with E-state index >= 15 is 0 Å². The van der Waals surface area contributed by atoms with E-state index < -0.39 is 0 Å². The zero-order valence-corrected chi connectivity index (χ0v) is 15.3. The van der Waals surface area contributed by atoms with Gasteiger partial charge in [0.05, 0.1) is 0 Å². The smallest absolute Gasteiger partial charge is 0.255 e. The average Bonchev–Trinajstić information content (AvgIpc) is 2.71. The Kier molecular flexibility index (Phi) is 6.52. The minimum Gasteiger partial charge on any atom is -0.326 e. The molecule has 0 aromatic heterocycles. The first kappa shape index (κ1) is 19.3. The lowest BCUT2D eigenvalue weighted by Gasteiger charge is -2.08. The number of aryl methyl sites for hydroxylation is 1. The third kappa shape index (κ3) is 5.77. The molecule has 0 unspecified atom stereocenters. The number of rotatable bonds is 7. The van der Waals surface area contributed by atoms with Gasteiger partial charge in [0.2, 0.25) is 5.91 Å². The maximum absolute atomic E-state index is 12.9. The maximum Gasteiger partial charge on any atom is 0.255 e. The number of halogens is 1. The zero-order chi connectivity index (χ0) is 19.8. The highest BCUT2D eigenvalue weighted by Gasteiger charge is 2.08. The van der Waals surface area contributed by atoms with E-state index in [1.807, 2.05) is 30.3 Å². The Hall–Kier alpha value is -3.47. The van der Waals surface area contributed by atoms with Gasteiger partial charge in [-0.15, -0.1) is 0 Å². The molecule has 0 aliphatic carbocycles. The molecule has 0 bridgehead atoms. The van der Waals surface area contributed by atoms with Crippen LogP contribution in [0.25, 0.3) is 0 Å². The maximum atomic E-state index is 12.9. The molecule has 0 aliphatic rings. The quantitative estimate of drug-likeness (QED) is 0.607. The molecule has 0 saturated carbocycles. The van der Waals surface area contributed by atoms with Crippen LogP contribution >= 0.6 is 0 Å².